The van der Waals surface area contributed by atoms with Crippen molar-refractivity contribution in [2.75, 3.05) is 19.3 Å². The Kier molecular flexibility index (Phi) is 4.19. The molecule has 0 saturated heterocycles. The van der Waals surface area contributed by atoms with Crippen LogP contribution >= 0.6 is 11.3 Å². The fraction of sp³-hybridized carbons (Fsp3) is 0.353. The first kappa shape index (κ1) is 17.9. The van der Waals surface area contributed by atoms with E-state index in [1.54, 1.807) is 46.5 Å². The van der Waals surface area contributed by atoms with Gasteiger partial charge in [-0.1, -0.05) is 0 Å². The number of amides is 1. The lowest BCUT2D eigenvalue weighted by atomic mass is 10.1. The summed E-state index contributed by atoms with van der Waals surface area (Å²) in [6, 6.07) is 0. The summed E-state index contributed by atoms with van der Waals surface area (Å²) in [6.07, 6.45) is 6.88. The molecular formula is C17H19N5O3S2. The van der Waals surface area contributed by atoms with Gasteiger partial charge in [-0.25, -0.2) is 13.4 Å². The fourth-order valence-corrected chi connectivity index (χ4v) is 5.00. The smallest absolute Gasteiger partial charge is 0.256 e. The molecule has 0 saturated carbocycles. The van der Waals surface area contributed by atoms with E-state index in [2.05, 4.69) is 9.38 Å². The number of aromatic nitrogens is 2. The second kappa shape index (κ2) is 6.31. The van der Waals surface area contributed by atoms with Crippen molar-refractivity contribution in [1.82, 2.24) is 19.2 Å². The van der Waals surface area contributed by atoms with E-state index in [-0.39, 0.29) is 11.7 Å². The van der Waals surface area contributed by atoms with Crippen LogP contribution < -0.4 is 0 Å². The number of amidine groups is 1. The first-order valence-corrected chi connectivity index (χ1v) is 10.8. The maximum Gasteiger partial charge on any atom is 0.256 e. The first-order valence-electron chi connectivity index (χ1n) is 8.42. The Morgan fingerprint density at radius 3 is 2.89 bits per heavy atom. The van der Waals surface area contributed by atoms with Crippen LogP contribution in [-0.4, -0.2) is 58.7 Å². The molecule has 0 aliphatic carbocycles. The molecule has 10 heteroatoms. The van der Waals surface area contributed by atoms with Crippen LogP contribution in [0.25, 0.3) is 4.96 Å². The fourth-order valence-electron chi connectivity index (χ4n) is 3.14. The number of fused-ring (bicyclic) bond motifs is 2. The lowest BCUT2D eigenvalue weighted by molar-refractivity contribution is -0.126. The number of carbonyl (C=O) groups is 1. The third-order valence-corrected chi connectivity index (χ3v) is 6.61. The van der Waals surface area contributed by atoms with Gasteiger partial charge in [0.15, 0.2) is 4.96 Å². The number of nitrogens with zero attached hydrogens (tertiary/aromatic N) is 5. The van der Waals surface area contributed by atoms with Crippen molar-refractivity contribution in [2.24, 2.45) is 4.40 Å². The van der Waals surface area contributed by atoms with E-state index in [0.717, 1.165) is 21.2 Å². The van der Waals surface area contributed by atoms with Gasteiger partial charge in [0, 0.05) is 30.9 Å². The van der Waals surface area contributed by atoms with Gasteiger partial charge in [0.25, 0.3) is 15.9 Å². The Morgan fingerprint density at radius 1 is 1.33 bits per heavy atom. The van der Waals surface area contributed by atoms with Crippen molar-refractivity contribution < 1.29 is 13.2 Å². The van der Waals surface area contributed by atoms with Crippen LogP contribution in [0.5, 0.6) is 0 Å². The third kappa shape index (κ3) is 3.30. The summed E-state index contributed by atoms with van der Waals surface area (Å²) in [5.74, 6) is 0.158. The second-order valence-corrected chi connectivity index (χ2v) is 9.61. The molecule has 0 unspecified atom stereocenters. The molecular weight excluding hydrogens is 386 g/mol. The molecule has 0 spiro atoms. The molecule has 4 heterocycles. The zero-order valence-corrected chi connectivity index (χ0v) is 16.8. The first-order chi connectivity index (χ1) is 12.7. The Hall–Kier alpha value is -2.46. The average molecular weight is 406 g/mol. The van der Waals surface area contributed by atoms with Crippen molar-refractivity contribution >= 4 is 38.1 Å². The molecule has 2 aliphatic rings. The van der Waals surface area contributed by atoms with Crippen LogP contribution in [0.15, 0.2) is 34.5 Å². The van der Waals surface area contributed by atoms with E-state index >= 15 is 0 Å². The molecule has 0 radical (unpaired) electrons. The van der Waals surface area contributed by atoms with E-state index in [4.69, 9.17) is 0 Å². The van der Waals surface area contributed by atoms with Crippen molar-refractivity contribution in [3.8, 4) is 0 Å². The highest BCUT2D eigenvalue weighted by atomic mass is 32.2. The number of imidazole rings is 1. The van der Waals surface area contributed by atoms with E-state index in [9.17, 15) is 13.2 Å². The molecule has 0 fully saturated rings. The standard InChI is InChI=1S/C17H19N5O3S2/c1-11-8-22-14(12(2)18-17(22)26-11)10-20(3)16(23)13-4-5-15-19-27(24,25)7-6-21(15)9-13/h4-5,8-9H,6-7,10H2,1-3H3. The van der Waals surface area contributed by atoms with Gasteiger partial charge in [-0.3, -0.25) is 9.20 Å². The molecule has 0 atom stereocenters. The summed E-state index contributed by atoms with van der Waals surface area (Å²) in [6.45, 7) is 4.70. The molecule has 0 aromatic carbocycles. The quantitative estimate of drug-likeness (QED) is 0.772. The predicted molar refractivity (Wildman–Crippen MR) is 104 cm³/mol. The Morgan fingerprint density at radius 2 is 2.11 bits per heavy atom. The average Bonchev–Trinajstić information content (AvgIpc) is 3.09. The van der Waals surface area contributed by atoms with Crippen LogP contribution in [0, 0.1) is 13.8 Å². The summed E-state index contributed by atoms with van der Waals surface area (Å²) in [7, 11) is -1.65. The van der Waals surface area contributed by atoms with Crippen LogP contribution in [0.1, 0.15) is 16.3 Å². The van der Waals surface area contributed by atoms with Gasteiger partial charge >= 0.3 is 0 Å². The van der Waals surface area contributed by atoms with Gasteiger partial charge in [-0.15, -0.1) is 15.7 Å². The minimum absolute atomic E-state index is 0.0529. The Labute approximate surface area is 161 Å². The zero-order valence-electron chi connectivity index (χ0n) is 15.2. The third-order valence-electron chi connectivity index (χ3n) is 4.55. The molecule has 2 aromatic heterocycles. The van der Waals surface area contributed by atoms with Gasteiger partial charge in [0.1, 0.15) is 5.84 Å². The van der Waals surface area contributed by atoms with Crippen molar-refractivity contribution in [3.05, 3.63) is 46.4 Å². The van der Waals surface area contributed by atoms with Crippen LogP contribution in [0.2, 0.25) is 0 Å². The van der Waals surface area contributed by atoms with Gasteiger partial charge in [-0.2, -0.15) is 0 Å². The second-order valence-electron chi connectivity index (χ2n) is 6.65. The summed E-state index contributed by atoms with van der Waals surface area (Å²) in [5, 5.41) is 0. The highest BCUT2D eigenvalue weighted by Crippen LogP contribution is 2.23. The maximum absolute atomic E-state index is 12.9. The maximum atomic E-state index is 12.9. The van der Waals surface area contributed by atoms with E-state index in [1.807, 2.05) is 24.4 Å². The number of hydrogen-bond acceptors (Lipinski definition) is 6. The monoisotopic (exact) mass is 405 g/mol. The van der Waals surface area contributed by atoms with Crippen molar-refractivity contribution in [3.63, 3.8) is 0 Å². The summed E-state index contributed by atoms with van der Waals surface area (Å²) < 4.78 is 29.0. The number of thiazole rings is 1. The molecule has 2 aliphatic heterocycles. The topological polar surface area (TPSA) is 87.4 Å². The lowest BCUT2D eigenvalue weighted by Gasteiger charge is -2.28. The van der Waals surface area contributed by atoms with E-state index in [0.29, 0.717) is 24.5 Å². The molecule has 0 bridgehead atoms. The number of carbonyl (C=O) groups excluding carboxylic acids is 1. The Balaban J connectivity index is 1.55. The number of aryl methyl sites for hydroxylation is 2. The molecule has 27 heavy (non-hydrogen) atoms. The molecule has 1 amide bonds. The van der Waals surface area contributed by atoms with E-state index in [1.165, 1.54) is 0 Å². The van der Waals surface area contributed by atoms with Gasteiger partial charge in [0.2, 0.25) is 0 Å². The summed E-state index contributed by atoms with van der Waals surface area (Å²) in [5.41, 5.74) is 2.39. The molecule has 0 N–H and O–H groups in total. The Bertz CT molecular complexity index is 1140. The molecule has 142 valence electrons. The number of rotatable bonds is 3. The van der Waals surface area contributed by atoms with Gasteiger partial charge in [-0.05, 0) is 26.0 Å². The van der Waals surface area contributed by atoms with Crippen molar-refractivity contribution in [2.45, 2.75) is 20.4 Å². The SMILES string of the molecule is Cc1cn2c(CN(C)C(=O)C3=CN4CCS(=O)(=O)N=C4C=C3)c(C)nc2s1. The molecule has 4 rings (SSSR count). The largest absolute Gasteiger partial charge is 0.336 e. The lowest BCUT2D eigenvalue weighted by Crippen LogP contribution is -2.38. The number of hydrogen-bond donors (Lipinski definition) is 0. The van der Waals surface area contributed by atoms with Gasteiger partial charge in [0.05, 0.1) is 29.3 Å². The highest BCUT2D eigenvalue weighted by molar-refractivity contribution is 7.90. The predicted octanol–water partition coefficient (Wildman–Crippen LogP) is 1.47. The van der Waals surface area contributed by atoms with Crippen LogP contribution in [0.4, 0.5) is 0 Å². The van der Waals surface area contributed by atoms with Crippen LogP contribution in [-0.2, 0) is 21.4 Å². The minimum Gasteiger partial charge on any atom is -0.336 e. The highest BCUT2D eigenvalue weighted by Gasteiger charge is 2.26. The molecule has 8 nitrogen and oxygen atoms in total. The number of sulfonamides is 1. The van der Waals surface area contributed by atoms with Crippen LogP contribution in [0.3, 0.4) is 0 Å². The van der Waals surface area contributed by atoms with E-state index < -0.39 is 10.0 Å². The molecule has 2 aromatic rings. The number of likely N-dealkylation sites (N-methyl/N-ethyl adjacent to an activating group) is 1. The van der Waals surface area contributed by atoms with Gasteiger partial charge < -0.3 is 9.80 Å². The van der Waals surface area contributed by atoms with Crippen molar-refractivity contribution in [1.29, 1.82) is 0 Å². The zero-order chi connectivity index (χ0) is 19.3. The minimum atomic E-state index is -3.40. The summed E-state index contributed by atoms with van der Waals surface area (Å²) >= 11 is 1.62. The summed E-state index contributed by atoms with van der Waals surface area (Å²) in [4.78, 5) is 22.9. The normalized spacial score (nSPS) is 18.3.